The SMILES string of the molecule is NCc1nccc2cccc(F)c12. The zero-order valence-corrected chi connectivity index (χ0v) is 7.00. The first kappa shape index (κ1) is 8.13. The number of nitrogens with two attached hydrogens (primary N) is 1. The van der Waals surface area contributed by atoms with Crippen molar-refractivity contribution >= 4 is 10.8 Å². The van der Waals surface area contributed by atoms with E-state index in [1.54, 1.807) is 18.3 Å². The standard InChI is InChI=1S/C10H9FN2/c11-8-3-1-2-7-4-5-13-9(6-12)10(7)8/h1-5H,6,12H2. The molecule has 3 heteroatoms. The van der Waals surface area contributed by atoms with Crippen LogP contribution in [0.3, 0.4) is 0 Å². The lowest BCUT2D eigenvalue weighted by Crippen LogP contribution is -2.01. The fraction of sp³-hybridized carbons (Fsp3) is 0.100. The third kappa shape index (κ3) is 1.27. The molecule has 2 N–H and O–H groups in total. The number of hydrogen-bond donors (Lipinski definition) is 1. The third-order valence-corrected chi connectivity index (χ3v) is 2.01. The number of hydrogen-bond acceptors (Lipinski definition) is 2. The van der Waals surface area contributed by atoms with E-state index in [2.05, 4.69) is 4.98 Å². The average molecular weight is 176 g/mol. The van der Waals surface area contributed by atoms with Gasteiger partial charge in [-0.25, -0.2) is 4.39 Å². The smallest absolute Gasteiger partial charge is 0.132 e. The molecule has 1 aromatic carbocycles. The largest absolute Gasteiger partial charge is 0.325 e. The van der Waals surface area contributed by atoms with Gasteiger partial charge >= 0.3 is 0 Å². The number of fused-ring (bicyclic) bond motifs is 1. The Morgan fingerprint density at radius 1 is 1.31 bits per heavy atom. The Bertz CT molecular complexity index is 435. The van der Waals surface area contributed by atoms with E-state index in [1.807, 2.05) is 6.07 Å². The normalized spacial score (nSPS) is 10.6. The molecule has 0 aliphatic heterocycles. The van der Waals surface area contributed by atoms with Gasteiger partial charge in [-0.05, 0) is 17.5 Å². The van der Waals surface area contributed by atoms with Crippen molar-refractivity contribution < 1.29 is 4.39 Å². The summed E-state index contributed by atoms with van der Waals surface area (Å²) in [5.74, 6) is -0.258. The first-order valence-corrected chi connectivity index (χ1v) is 4.05. The summed E-state index contributed by atoms with van der Waals surface area (Å²) in [6, 6.07) is 6.72. The highest BCUT2D eigenvalue weighted by Gasteiger charge is 2.04. The summed E-state index contributed by atoms with van der Waals surface area (Å²) in [6.45, 7) is 0.262. The first-order valence-electron chi connectivity index (χ1n) is 4.05. The highest BCUT2D eigenvalue weighted by atomic mass is 19.1. The Hall–Kier alpha value is -1.48. The van der Waals surface area contributed by atoms with Crippen molar-refractivity contribution in [1.82, 2.24) is 4.98 Å². The van der Waals surface area contributed by atoms with Crippen molar-refractivity contribution in [2.24, 2.45) is 5.73 Å². The Morgan fingerprint density at radius 2 is 2.15 bits per heavy atom. The Kier molecular flexibility index (Phi) is 1.94. The lowest BCUT2D eigenvalue weighted by molar-refractivity contribution is 0.638. The third-order valence-electron chi connectivity index (χ3n) is 2.01. The van der Waals surface area contributed by atoms with Crippen LogP contribution in [0.1, 0.15) is 5.69 Å². The van der Waals surface area contributed by atoms with E-state index in [0.717, 1.165) is 5.39 Å². The molecule has 1 aromatic heterocycles. The van der Waals surface area contributed by atoms with Crippen LogP contribution in [0, 0.1) is 5.82 Å². The van der Waals surface area contributed by atoms with Crippen molar-refractivity contribution in [3.8, 4) is 0 Å². The Morgan fingerprint density at radius 3 is 2.92 bits per heavy atom. The van der Waals surface area contributed by atoms with Crippen molar-refractivity contribution in [3.05, 3.63) is 42.0 Å². The molecule has 0 radical (unpaired) electrons. The fourth-order valence-corrected chi connectivity index (χ4v) is 1.41. The minimum Gasteiger partial charge on any atom is -0.325 e. The maximum atomic E-state index is 13.3. The van der Waals surface area contributed by atoms with Gasteiger partial charge in [0.15, 0.2) is 0 Å². The van der Waals surface area contributed by atoms with Crippen LogP contribution in [-0.4, -0.2) is 4.98 Å². The summed E-state index contributed by atoms with van der Waals surface area (Å²) < 4.78 is 13.3. The lowest BCUT2D eigenvalue weighted by atomic mass is 10.1. The summed E-state index contributed by atoms with van der Waals surface area (Å²) in [5, 5.41) is 1.38. The fourth-order valence-electron chi connectivity index (χ4n) is 1.41. The van der Waals surface area contributed by atoms with E-state index >= 15 is 0 Å². The van der Waals surface area contributed by atoms with Gasteiger partial charge < -0.3 is 5.73 Å². The van der Waals surface area contributed by atoms with E-state index in [-0.39, 0.29) is 12.4 Å². The topological polar surface area (TPSA) is 38.9 Å². The summed E-state index contributed by atoms with van der Waals surface area (Å²) in [6.07, 6.45) is 1.64. The molecule has 2 aromatic rings. The van der Waals surface area contributed by atoms with Crippen molar-refractivity contribution in [3.63, 3.8) is 0 Å². The molecule has 0 aliphatic rings. The second kappa shape index (κ2) is 3.11. The number of benzene rings is 1. The van der Waals surface area contributed by atoms with E-state index in [9.17, 15) is 4.39 Å². The molecule has 0 unspecified atom stereocenters. The maximum absolute atomic E-state index is 13.3. The average Bonchev–Trinajstić information content (AvgIpc) is 2.17. The van der Waals surface area contributed by atoms with Crippen LogP contribution in [0.4, 0.5) is 4.39 Å². The summed E-state index contributed by atoms with van der Waals surface area (Å²) in [7, 11) is 0. The van der Waals surface area contributed by atoms with Gasteiger partial charge in [0.05, 0.1) is 5.69 Å². The highest BCUT2D eigenvalue weighted by molar-refractivity contribution is 5.84. The molecule has 0 amide bonds. The zero-order valence-electron chi connectivity index (χ0n) is 7.00. The van der Waals surface area contributed by atoms with Gasteiger partial charge in [-0.15, -0.1) is 0 Å². The van der Waals surface area contributed by atoms with Crippen LogP contribution in [-0.2, 0) is 6.54 Å². The van der Waals surface area contributed by atoms with Crippen LogP contribution < -0.4 is 5.73 Å². The number of rotatable bonds is 1. The number of halogens is 1. The molecule has 66 valence electrons. The van der Waals surface area contributed by atoms with Crippen molar-refractivity contribution in [2.45, 2.75) is 6.54 Å². The molecule has 0 fully saturated rings. The van der Waals surface area contributed by atoms with E-state index in [4.69, 9.17) is 5.73 Å². The molecule has 2 rings (SSSR count). The predicted octanol–water partition coefficient (Wildman–Crippen LogP) is 1.83. The van der Waals surface area contributed by atoms with E-state index < -0.39 is 0 Å². The van der Waals surface area contributed by atoms with Crippen LogP contribution in [0.2, 0.25) is 0 Å². The van der Waals surface area contributed by atoms with Gasteiger partial charge in [0.1, 0.15) is 5.82 Å². The lowest BCUT2D eigenvalue weighted by Gasteiger charge is -2.03. The monoisotopic (exact) mass is 176 g/mol. The molecular weight excluding hydrogens is 167 g/mol. The van der Waals surface area contributed by atoms with Gasteiger partial charge in [0.2, 0.25) is 0 Å². The van der Waals surface area contributed by atoms with Crippen LogP contribution in [0.25, 0.3) is 10.8 Å². The molecule has 13 heavy (non-hydrogen) atoms. The van der Waals surface area contributed by atoms with Gasteiger partial charge in [0.25, 0.3) is 0 Å². The second-order valence-corrected chi connectivity index (χ2v) is 2.80. The van der Waals surface area contributed by atoms with E-state index in [0.29, 0.717) is 11.1 Å². The molecule has 0 saturated heterocycles. The van der Waals surface area contributed by atoms with Crippen molar-refractivity contribution in [1.29, 1.82) is 0 Å². The zero-order chi connectivity index (χ0) is 9.26. The Balaban J connectivity index is 2.87. The highest BCUT2D eigenvalue weighted by Crippen LogP contribution is 2.19. The second-order valence-electron chi connectivity index (χ2n) is 2.80. The molecule has 0 spiro atoms. The van der Waals surface area contributed by atoms with Crippen LogP contribution in [0.15, 0.2) is 30.5 Å². The van der Waals surface area contributed by atoms with Gasteiger partial charge in [-0.2, -0.15) is 0 Å². The molecule has 0 saturated carbocycles. The van der Waals surface area contributed by atoms with E-state index in [1.165, 1.54) is 6.07 Å². The number of aromatic nitrogens is 1. The molecule has 0 aliphatic carbocycles. The molecular formula is C10H9FN2. The number of pyridine rings is 1. The van der Waals surface area contributed by atoms with Crippen molar-refractivity contribution in [2.75, 3.05) is 0 Å². The quantitative estimate of drug-likeness (QED) is 0.720. The summed E-state index contributed by atoms with van der Waals surface area (Å²) >= 11 is 0. The minimum absolute atomic E-state index is 0.258. The maximum Gasteiger partial charge on any atom is 0.132 e. The molecule has 0 bridgehead atoms. The summed E-state index contributed by atoms with van der Waals surface area (Å²) in [4.78, 5) is 4.02. The van der Waals surface area contributed by atoms with Gasteiger partial charge in [-0.3, -0.25) is 4.98 Å². The minimum atomic E-state index is -0.258. The molecule has 1 heterocycles. The molecule has 2 nitrogen and oxygen atoms in total. The number of nitrogens with zero attached hydrogens (tertiary/aromatic N) is 1. The first-order chi connectivity index (χ1) is 6.33. The van der Waals surface area contributed by atoms with Gasteiger partial charge in [-0.1, -0.05) is 12.1 Å². The Labute approximate surface area is 75.2 Å². The molecule has 0 atom stereocenters. The van der Waals surface area contributed by atoms with Gasteiger partial charge in [0, 0.05) is 18.1 Å². The predicted molar refractivity (Wildman–Crippen MR) is 49.6 cm³/mol. The van der Waals surface area contributed by atoms with Crippen LogP contribution >= 0.6 is 0 Å². The summed E-state index contributed by atoms with van der Waals surface area (Å²) in [5.41, 5.74) is 6.06. The van der Waals surface area contributed by atoms with Crippen LogP contribution in [0.5, 0.6) is 0 Å².